The van der Waals surface area contributed by atoms with Gasteiger partial charge in [0.2, 0.25) is 5.91 Å². The molecule has 0 saturated carbocycles. The average Bonchev–Trinajstić information content (AvgIpc) is 3.03. The van der Waals surface area contributed by atoms with Gasteiger partial charge in [-0.2, -0.15) is 5.10 Å². The van der Waals surface area contributed by atoms with Crippen molar-refractivity contribution in [1.82, 2.24) is 15.1 Å². The Morgan fingerprint density at radius 2 is 2.04 bits per heavy atom. The van der Waals surface area contributed by atoms with Crippen LogP contribution < -0.4 is 5.32 Å². The number of halogens is 2. The third kappa shape index (κ3) is 3.48. The lowest BCUT2D eigenvalue weighted by atomic mass is 9.91. The molecule has 2 atom stereocenters. The third-order valence-electron chi connectivity index (χ3n) is 3.60. The molecule has 0 bridgehead atoms. The Balaban J connectivity index is 2.32. The van der Waals surface area contributed by atoms with E-state index in [9.17, 15) is 14.7 Å². The van der Waals surface area contributed by atoms with Crippen molar-refractivity contribution in [2.75, 3.05) is 0 Å². The molecular formula is C15H15Cl2N3O3. The van der Waals surface area contributed by atoms with E-state index in [-0.39, 0.29) is 5.02 Å². The van der Waals surface area contributed by atoms with E-state index in [1.54, 1.807) is 25.4 Å². The maximum absolute atomic E-state index is 12.4. The molecule has 1 amide bonds. The molecule has 0 saturated heterocycles. The number of aromatic nitrogens is 2. The van der Waals surface area contributed by atoms with Crippen LogP contribution in [0, 0.1) is 0 Å². The van der Waals surface area contributed by atoms with Crippen molar-refractivity contribution < 1.29 is 14.7 Å². The third-order valence-corrected chi connectivity index (χ3v) is 4.34. The lowest BCUT2D eigenvalue weighted by molar-refractivity contribution is -0.147. The molecule has 0 aliphatic rings. The van der Waals surface area contributed by atoms with Gasteiger partial charge in [-0.3, -0.25) is 9.48 Å². The predicted octanol–water partition coefficient (Wildman–Crippen LogP) is 2.87. The van der Waals surface area contributed by atoms with E-state index in [1.165, 1.54) is 29.8 Å². The second kappa shape index (κ2) is 6.60. The number of aliphatic carboxylic acids is 1. The summed E-state index contributed by atoms with van der Waals surface area (Å²) in [6.45, 7) is 3.02. The molecule has 0 fully saturated rings. The lowest BCUT2D eigenvalue weighted by Gasteiger charge is -2.28. The fraction of sp³-hybridized carbons (Fsp3) is 0.267. The van der Waals surface area contributed by atoms with Gasteiger partial charge in [-0.1, -0.05) is 29.3 Å². The molecule has 2 rings (SSSR count). The minimum absolute atomic E-state index is 0.214. The zero-order valence-electron chi connectivity index (χ0n) is 12.5. The first-order valence-corrected chi connectivity index (χ1v) is 7.51. The first-order valence-electron chi connectivity index (χ1n) is 6.76. The second-order valence-corrected chi connectivity index (χ2v) is 6.02. The molecule has 2 N–H and O–H groups in total. The summed E-state index contributed by atoms with van der Waals surface area (Å²) in [5.41, 5.74) is -1.33. The number of nitrogens with one attached hydrogen (secondary N) is 1. The molecule has 0 radical (unpaired) electrons. The van der Waals surface area contributed by atoms with Gasteiger partial charge in [0, 0.05) is 12.4 Å². The largest absolute Gasteiger partial charge is 0.479 e. The van der Waals surface area contributed by atoms with E-state index in [1.807, 2.05) is 0 Å². The highest BCUT2D eigenvalue weighted by Gasteiger charge is 2.38. The highest BCUT2D eigenvalue weighted by molar-refractivity contribution is 6.42. The van der Waals surface area contributed by atoms with Crippen molar-refractivity contribution in [1.29, 1.82) is 0 Å². The first-order chi connectivity index (χ1) is 10.8. The summed E-state index contributed by atoms with van der Waals surface area (Å²) in [5.74, 6) is -1.69. The summed E-state index contributed by atoms with van der Waals surface area (Å²) >= 11 is 11.8. The summed E-state index contributed by atoms with van der Waals surface area (Å²) in [7, 11) is 0. The molecule has 0 aliphatic heterocycles. The Bertz CT molecular complexity index is 734. The van der Waals surface area contributed by atoms with Crippen LogP contribution in [0.5, 0.6) is 0 Å². The van der Waals surface area contributed by atoms with Crippen LogP contribution in [-0.4, -0.2) is 26.8 Å². The van der Waals surface area contributed by atoms with Gasteiger partial charge < -0.3 is 10.4 Å². The Labute approximate surface area is 143 Å². The number of carbonyl (C=O) groups is 2. The maximum Gasteiger partial charge on any atom is 0.333 e. The monoisotopic (exact) mass is 355 g/mol. The average molecular weight is 356 g/mol. The van der Waals surface area contributed by atoms with Gasteiger partial charge in [-0.25, -0.2) is 4.79 Å². The van der Waals surface area contributed by atoms with Crippen LogP contribution in [0.15, 0.2) is 36.7 Å². The Morgan fingerprint density at radius 1 is 1.35 bits per heavy atom. The van der Waals surface area contributed by atoms with Crippen molar-refractivity contribution in [2.24, 2.45) is 0 Å². The lowest BCUT2D eigenvalue weighted by Crippen LogP contribution is -2.51. The summed E-state index contributed by atoms with van der Waals surface area (Å²) in [6.07, 6.45) is 3.17. The predicted molar refractivity (Wildman–Crippen MR) is 86.5 cm³/mol. The van der Waals surface area contributed by atoms with Crippen molar-refractivity contribution in [3.63, 3.8) is 0 Å². The molecule has 23 heavy (non-hydrogen) atoms. The number of nitrogens with zero attached hydrogens (tertiary/aromatic N) is 2. The topological polar surface area (TPSA) is 84.2 Å². The normalized spacial score (nSPS) is 14.8. The second-order valence-electron chi connectivity index (χ2n) is 5.21. The van der Waals surface area contributed by atoms with Gasteiger partial charge in [0.15, 0.2) is 5.54 Å². The minimum atomic E-state index is -1.65. The molecule has 122 valence electrons. The van der Waals surface area contributed by atoms with Crippen LogP contribution in [0.2, 0.25) is 10.0 Å². The number of carbonyl (C=O) groups excluding carboxylic acids is 1. The van der Waals surface area contributed by atoms with E-state index >= 15 is 0 Å². The first kappa shape index (κ1) is 17.3. The standard InChI is InChI=1S/C15H15Cl2N3O3/c1-9(20-7-3-6-18-20)13(21)19-15(2,14(22)23)10-4-5-11(16)12(17)8-10/h3-9H,1-2H3,(H,19,21)(H,22,23). The zero-order chi connectivity index (χ0) is 17.2. The van der Waals surface area contributed by atoms with Gasteiger partial charge in [0.25, 0.3) is 0 Å². The maximum atomic E-state index is 12.4. The van der Waals surface area contributed by atoms with Crippen LogP contribution in [0.1, 0.15) is 25.5 Å². The SMILES string of the molecule is CC(C(=O)NC(C)(C(=O)O)c1ccc(Cl)c(Cl)c1)n1cccn1. The van der Waals surface area contributed by atoms with Gasteiger partial charge in [0.1, 0.15) is 6.04 Å². The fourth-order valence-electron chi connectivity index (χ4n) is 2.04. The summed E-state index contributed by atoms with van der Waals surface area (Å²) in [6, 6.07) is 5.45. The van der Waals surface area contributed by atoms with Gasteiger partial charge in [-0.15, -0.1) is 0 Å². The molecule has 2 aromatic rings. The number of benzene rings is 1. The number of hydrogen-bond donors (Lipinski definition) is 2. The Morgan fingerprint density at radius 3 is 2.57 bits per heavy atom. The van der Waals surface area contributed by atoms with Crippen LogP contribution in [0.4, 0.5) is 0 Å². The molecule has 2 unspecified atom stereocenters. The molecule has 0 aliphatic carbocycles. The highest BCUT2D eigenvalue weighted by atomic mass is 35.5. The molecule has 1 aromatic carbocycles. The highest BCUT2D eigenvalue weighted by Crippen LogP contribution is 2.29. The van der Waals surface area contributed by atoms with E-state index in [4.69, 9.17) is 23.2 Å². The quantitative estimate of drug-likeness (QED) is 0.863. The number of carboxylic acids is 1. The van der Waals surface area contributed by atoms with Crippen LogP contribution in [-0.2, 0) is 15.1 Å². The van der Waals surface area contributed by atoms with Crippen molar-refractivity contribution in [2.45, 2.75) is 25.4 Å². The minimum Gasteiger partial charge on any atom is -0.479 e. The number of rotatable bonds is 5. The van der Waals surface area contributed by atoms with E-state index in [0.29, 0.717) is 10.6 Å². The van der Waals surface area contributed by atoms with Crippen molar-refractivity contribution >= 4 is 35.1 Å². The van der Waals surface area contributed by atoms with Gasteiger partial charge >= 0.3 is 5.97 Å². The summed E-state index contributed by atoms with van der Waals surface area (Å²) < 4.78 is 1.44. The number of amides is 1. The van der Waals surface area contributed by atoms with Crippen molar-refractivity contribution in [3.05, 3.63) is 52.3 Å². The van der Waals surface area contributed by atoms with Gasteiger partial charge in [-0.05, 0) is 37.6 Å². The fourth-order valence-corrected chi connectivity index (χ4v) is 2.34. The summed E-state index contributed by atoms with van der Waals surface area (Å²) in [5, 5.41) is 16.6. The molecule has 1 aromatic heterocycles. The van der Waals surface area contributed by atoms with E-state index in [0.717, 1.165) is 0 Å². The van der Waals surface area contributed by atoms with E-state index < -0.39 is 23.5 Å². The Kier molecular flexibility index (Phi) is 4.97. The zero-order valence-corrected chi connectivity index (χ0v) is 14.0. The van der Waals surface area contributed by atoms with Gasteiger partial charge in [0.05, 0.1) is 10.0 Å². The molecule has 8 heteroatoms. The molecular weight excluding hydrogens is 341 g/mol. The number of hydrogen-bond acceptors (Lipinski definition) is 3. The summed E-state index contributed by atoms with van der Waals surface area (Å²) in [4.78, 5) is 24.1. The van der Waals surface area contributed by atoms with Crippen LogP contribution >= 0.6 is 23.2 Å². The van der Waals surface area contributed by atoms with E-state index in [2.05, 4.69) is 10.4 Å². The number of carboxylic acid groups (broad SMARTS) is 1. The molecule has 6 nitrogen and oxygen atoms in total. The smallest absolute Gasteiger partial charge is 0.333 e. The van der Waals surface area contributed by atoms with Crippen LogP contribution in [0.3, 0.4) is 0 Å². The Hall–Kier alpha value is -2.05. The molecule has 0 spiro atoms. The van der Waals surface area contributed by atoms with Crippen molar-refractivity contribution in [3.8, 4) is 0 Å². The molecule has 1 heterocycles. The van der Waals surface area contributed by atoms with Crippen LogP contribution in [0.25, 0.3) is 0 Å².